The van der Waals surface area contributed by atoms with Crippen LogP contribution in [-0.4, -0.2) is 36.7 Å². The SMILES string of the molecule is CC(C)N(C)CCOc1ccccc1CNC(C)(C)C. The molecule has 0 unspecified atom stereocenters. The first-order valence-corrected chi connectivity index (χ1v) is 7.45. The zero-order chi connectivity index (χ0) is 15.2. The van der Waals surface area contributed by atoms with Crippen LogP contribution in [-0.2, 0) is 6.54 Å². The van der Waals surface area contributed by atoms with Gasteiger partial charge in [-0.15, -0.1) is 0 Å². The Morgan fingerprint density at radius 3 is 2.45 bits per heavy atom. The van der Waals surface area contributed by atoms with Crippen LogP contribution in [0.5, 0.6) is 5.75 Å². The molecule has 1 aromatic rings. The van der Waals surface area contributed by atoms with Crippen molar-refractivity contribution in [1.82, 2.24) is 10.2 Å². The molecule has 0 heterocycles. The molecule has 0 aliphatic heterocycles. The fourth-order valence-corrected chi connectivity index (χ4v) is 1.71. The largest absolute Gasteiger partial charge is 0.492 e. The summed E-state index contributed by atoms with van der Waals surface area (Å²) in [5.41, 5.74) is 1.33. The van der Waals surface area contributed by atoms with E-state index in [-0.39, 0.29) is 5.54 Å². The van der Waals surface area contributed by atoms with Crippen molar-refractivity contribution in [2.45, 2.75) is 52.7 Å². The molecular weight excluding hydrogens is 248 g/mol. The highest BCUT2D eigenvalue weighted by Gasteiger charge is 2.11. The molecule has 0 amide bonds. The first-order chi connectivity index (χ1) is 9.29. The quantitative estimate of drug-likeness (QED) is 0.828. The summed E-state index contributed by atoms with van der Waals surface area (Å²) < 4.78 is 5.94. The lowest BCUT2D eigenvalue weighted by Crippen LogP contribution is -2.35. The van der Waals surface area contributed by atoms with E-state index in [9.17, 15) is 0 Å². The van der Waals surface area contributed by atoms with Crippen molar-refractivity contribution in [3.05, 3.63) is 29.8 Å². The molecule has 0 spiro atoms. The molecule has 0 atom stereocenters. The van der Waals surface area contributed by atoms with Gasteiger partial charge in [0.15, 0.2) is 0 Å². The molecule has 0 aromatic heterocycles. The Hall–Kier alpha value is -1.06. The van der Waals surface area contributed by atoms with Gasteiger partial charge in [0.1, 0.15) is 12.4 Å². The minimum absolute atomic E-state index is 0.116. The molecule has 0 radical (unpaired) electrons. The van der Waals surface area contributed by atoms with Crippen molar-refractivity contribution in [3.63, 3.8) is 0 Å². The first-order valence-electron chi connectivity index (χ1n) is 7.45. The number of likely N-dealkylation sites (N-methyl/N-ethyl adjacent to an activating group) is 1. The van der Waals surface area contributed by atoms with Crippen molar-refractivity contribution < 1.29 is 4.74 Å². The zero-order valence-corrected chi connectivity index (χ0v) is 13.9. The molecule has 0 fully saturated rings. The van der Waals surface area contributed by atoms with Gasteiger partial charge in [0.05, 0.1) is 0 Å². The molecule has 0 aliphatic carbocycles. The maximum Gasteiger partial charge on any atom is 0.123 e. The molecule has 1 N–H and O–H groups in total. The second-order valence-corrected chi connectivity index (χ2v) is 6.63. The summed E-state index contributed by atoms with van der Waals surface area (Å²) in [4.78, 5) is 2.29. The van der Waals surface area contributed by atoms with Crippen LogP contribution in [0.4, 0.5) is 0 Å². The molecule has 1 rings (SSSR count). The van der Waals surface area contributed by atoms with Crippen LogP contribution in [0, 0.1) is 0 Å². The third-order valence-electron chi connectivity index (χ3n) is 3.36. The van der Waals surface area contributed by atoms with Crippen LogP contribution in [0.1, 0.15) is 40.2 Å². The fraction of sp³-hybridized carbons (Fsp3) is 0.647. The average molecular weight is 278 g/mol. The molecule has 0 saturated heterocycles. The molecule has 0 saturated carbocycles. The second kappa shape index (κ2) is 7.65. The molecule has 114 valence electrons. The normalized spacial score (nSPS) is 12.2. The molecular formula is C17H30N2O. The Labute approximate surface area is 124 Å². The highest BCUT2D eigenvalue weighted by Crippen LogP contribution is 2.18. The average Bonchev–Trinajstić information content (AvgIpc) is 2.36. The lowest BCUT2D eigenvalue weighted by Gasteiger charge is -2.23. The monoisotopic (exact) mass is 278 g/mol. The molecule has 3 nitrogen and oxygen atoms in total. The van der Waals surface area contributed by atoms with Gasteiger partial charge in [-0.05, 0) is 47.7 Å². The summed E-state index contributed by atoms with van der Waals surface area (Å²) in [5.74, 6) is 0.987. The summed E-state index contributed by atoms with van der Waals surface area (Å²) in [5, 5.41) is 3.51. The Bertz CT molecular complexity index is 396. The van der Waals surface area contributed by atoms with Gasteiger partial charge in [0.25, 0.3) is 0 Å². The number of ether oxygens (including phenoxy) is 1. The maximum atomic E-state index is 5.94. The van der Waals surface area contributed by atoms with Gasteiger partial charge in [-0.1, -0.05) is 18.2 Å². The van der Waals surface area contributed by atoms with Crippen LogP contribution < -0.4 is 10.1 Å². The standard InChI is InChI=1S/C17H30N2O/c1-14(2)19(6)11-12-20-16-10-8-7-9-15(16)13-18-17(3,4)5/h7-10,14,18H,11-13H2,1-6H3. The summed E-state index contributed by atoms with van der Waals surface area (Å²) in [7, 11) is 2.13. The third-order valence-corrected chi connectivity index (χ3v) is 3.36. The number of benzene rings is 1. The van der Waals surface area contributed by atoms with E-state index in [1.807, 2.05) is 6.07 Å². The Kier molecular flexibility index (Phi) is 6.50. The van der Waals surface area contributed by atoms with Crippen molar-refractivity contribution in [2.75, 3.05) is 20.2 Å². The van der Waals surface area contributed by atoms with E-state index in [0.717, 1.165) is 25.4 Å². The van der Waals surface area contributed by atoms with Crippen molar-refractivity contribution in [3.8, 4) is 5.75 Å². The van der Waals surface area contributed by atoms with Crippen LogP contribution in [0.15, 0.2) is 24.3 Å². The number of hydrogen-bond donors (Lipinski definition) is 1. The van der Waals surface area contributed by atoms with Gasteiger partial charge in [-0.25, -0.2) is 0 Å². The van der Waals surface area contributed by atoms with Crippen molar-refractivity contribution in [1.29, 1.82) is 0 Å². The number of rotatable bonds is 7. The number of nitrogens with one attached hydrogen (secondary N) is 1. The lowest BCUT2D eigenvalue weighted by atomic mass is 10.1. The van der Waals surface area contributed by atoms with Gasteiger partial charge < -0.3 is 15.0 Å². The van der Waals surface area contributed by atoms with Crippen molar-refractivity contribution >= 4 is 0 Å². The Morgan fingerprint density at radius 1 is 1.20 bits per heavy atom. The predicted molar refractivity (Wildman–Crippen MR) is 86.3 cm³/mol. The molecule has 0 aliphatic rings. The lowest BCUT2D eigenvalue weighted by molar-refractivity contribution is 0.207. The topological polar surface area (TPSA) is 24.5 Å². The fourth-order valence-electron chi connectivity index (χ4n) is 1.71. The smallest absolute Gasteiger partial charge is 0.123 e. The first kappa shape index (κ1) is 17.0. The van der Waals surface area contributed by atoms with Gasteiger partial charge in [-0.3, -0.25) is 0 Å². The molecule has 0 bridgehead atoms. The number of para-hydroxylation sites is 1. The van der Waals surface area contributed by atoms with Gasteiger partial charge in [0.2, 0.25) is 0 Å². The third kappa shape index (κ3) is 6.40. The van der Waals surface area contributed by atoms with Crippen LogP contribution in [0.3, 0.4) is 0 Å². The van der Waals surface area contributed by atoms with Crippen LogP contribution in [0.25, 0.3) is 0 Å². The minimum atomic E-state index is 0.116. The van der Waals surface area contributed by atoms with Crippen LogP contribution >= 0.6 is 0 Å². The Balaban J connectivity index is 2.53. The summed E-state index contributed by atoms with van der Waals surface area (Å²) in [6, 6.07) is 8.82. The highest BCUT2D eigenvalue weighted by molar-refractivity contribution is 5.33. The second-order valence-electron chi connectivity index (χ2n) is 6.63. The van der Waals surface area contributed by atoms with E-state index in [4.69, 9.17) is 4.74 Å². The number of hydrogen-bond acceptors (Lipinski definition) is 3. The summed E-state index contributed by atoms with van der Waals surface area (Å²) >= 11 is 0. The van der Waals surface area contributed by atoms with Gasteiger partial charge in [0, 0.05) is 30.2 Å². The van der Waals surface area contributed by atoms with E-state index < -0.39 is 0 Å². The molecule has 3 heteroatoms. The minimum Gasteiger partial charge on any atom is -0.492 e. The number of nitrogens with zero attached hydrogens (tertiary/aromatic N) is 1. The van der Waals surface area contributed by atoms with Gasteiger partial charge >= 0.3 is 0 Å². The van der Waals surface area contributed by atoms with E-state index in [1.165, 1.54) is 5.56 Å². The predicted octanol–water partition coefficient (Wildman–Crippen LogP) is 3.29. The van der Waals surface area contributed by atoms with E-state index in [2.05, 4.69) is 70.1 Å². The summed E-state index contributed by atoms with van der Waals surface area (Å²) in [6.45, 7) is 13.4. The zero-order valence-electron chi connectivity index (χ0n) is 13.9. The van der Waals surface area contributed by atoms with Crippen LogP contribution in [0.2, 0.25) is 0 Å². The molecule has 1 aromatic carbocycles. The highest BCUT2D eigenvalue weighted by atomic mass is 16.5. The Morgan fingerprint density at radius 2 is 1.85 bits per heavy atom. The van der Waals surface area contributed by atoms with Gasteiger partial charge in [-0.2, -0.15) is 0 Å². The van der Waals surface area contributed by atoms with Crippen molar-refractivity contribution in [2.24, 2.45) is 0 Å². The molecule has 20 heavy (non-hydrogen) atoms. The van der Waals surface area contributed by atoms with E-state index in [0.29, 0.717) is 6.04 Å². The van der Waals surface area contributed by atoms with E-state index in [1.54, 1.807) is 0 Å². The maximum absolute atomic E-state index is 5.94. The summed E-state index contributed by atoms with van der Waals surface area (Å²) in [6.07, 6.45) is 0. The van der Waals surface area contributed by atoms with E-state index >= 15 is 0 Å².